The number of nitrogens with two attached hydrogens (primary N) is 1. The first-order valence-electron chi connectivity index (χ1n) is 5.69. The summed E-state index contributed by atoms with van der Waals surface area (Å²) in [5, 5.41) is 5.91. The van der Waals surface area contributed by atoms with Crippen LogP contribution >= 0.6 is 34.5 Å². The van der Waals surface area contributed by atoms with Gasteiger partial charge in [0.05, 0.1) is 25.5 Å². The summed E-state index contributed by atoms with van der Waals surface area (Å²) in [6, 6.07) is 5.28. The molecule has 102 valence electrons. The van der Waals surface area contributed by atoms with Gasteiger partial charge >= 0.3 is 0 Å². The number of hydrogen-bond acceptors (Lipinski definition) is 5. The van der Waals surface area contributed by atoms with Crippen LogP contribution in [0.3, 0.4) is 0 Å². The molecule has 0 amide bonds. The Morgan fingerprint density at radius 2 is 2.05 bits per heavy atom. The van der Waals surface area contributed by atoms with Gasteiger partial charge < -0.3 is 10.3 Å². The van der Waals surface area contributed by atoms with Gasteiger partial charge in [-0.3, -0.25) is 0 Å². The summed E-state index contributed by atoms with van der Waals surface area (Å²) in [7, 11) is 0. The van der Waals surface area contributed by atoms with Crippen molar-refractivity contribution >= 4 is 40.4 Å². The van der Waals surface area contributed by atoms with Crippen LogP contribution in [0.1, 0.15) is 5.01 Å². The third-order valence-corrected chi connectivity index (χ3v) is 4.44. The molecular weight excluding hydrogens is 317 g/mol. The van der Waals surface area contributed by atoms with Crippen molar-refractivity contribution in [3.8, 4) is 21.7 Å². The van der Waals surface area contributed by atoms with Crippen LogP contribution in [0, 0.1) is 6.92 Å². The van der Waals surface area contributed by atoms with Crippen LogP contribution < -0.4 is 5.73 Å². The molecule has 2 aromatic heterocycles. The summed E-state index contributed by atoms with van der Waals surface area (Å²) in [6.07, 6.45) is 1.75. The number of aryl methyl sites for hydroxylation is 1. The van der Waals surface area contributed by atoms with Crippen molar-refractivity contribution in [1.82, 2.24) is 10.1 Å². The molecule has 0 spiro atoms. The Kier molecular flexibility index (Phi) is 3.41. The molecule has 0 aliphatic carbocycles. The first-order chi connectivity index (χ1) is 9.56. The predicted molar refractivity (Wildman–Crippen MR) is 82.2 cm³/mol. The van der Waals surface area contributed by atoms with E-state index in [1.807, 2.05) is 13.0 Å². The highest BCUT2D eigenvalue weighted by Gasteiger charge is 2.19. The number of anilines is 1. The second-order valence-corrected chi connectivity index (χ2v) is 6.19. The van der Waals surface area contributed by atoms with Gasteiger partial charge in [0.25, 0.3) is 0 Å². The van der Waals surface area contributed by atoms with Crippen molar-refractivity contribution in [1.29, 1.82) is 0 Å². The van der Waals surface area contributed by atoms with Crippen molar-refractivity contribution in [2.75, 3.05) is 5.73 Å². The summed E-state index contributed by atoms with van der Waals surface area (Å²) in [4.78, 5) is 5.11. The molecule has 0 saturated heterocycles. The fraction of sp³-hybridized carbons (Fsp3) is 0.0769. The maximum atomic E-state index is 6.05. The molecule has 3 aromatic rings. The monoisotopic (exact) mass is 325 g/mol. The molecule has 0 bridgehead atoms. The lowest BCUT2D eigenvalue weighted by atomic mass is 10.1. The van der Waals surface area contributed by atoms with E-state index >= 15 is 0 Å². The van der Waals surface area contributed by atoms with Crippen molar-refractivity contribution in [2.24, 2.45) is 0 Å². The van der Waals surface area contributed by atoms with Crippen LogP contribution in [-0.4, -0.2) is 10.1 Å². The van der Waals surface area contributed by atoms with E-state index in [-0.39, 0.29) is 5.88 Å². The smallest absolute Gasteiger partial charge is 0.230 e. The fourth-order valence-corrected chi connectivity index (χ4v) is 2.94. The van der Waals surface area contributed by atoms with Gasteiger partial charge in [-0.15, -0.1) is 11.3 Å². The van der Waals surface area contributed by atoms with E-state index in [1.54, 1.807) is 18.3 Å². The SMILES string of the molecule is Cc1ncc(-c2noc(N)c2-c2ccc(Cl)c(Cl)c2)s1. The van der Waals surface area contributed by atoms with Crippen molar-refractivity contribution < 1.29 is 4.52 Å². The number of halogens is 2. The summed E-state index contributed by atoms with van der Waals surface area (Å²) >= 11 is 13.5. The number of nitrogen functional groups attached to an aromatic ring is 1. The fourth-order valence-electron chi connectivity index (χ4n) is 1.87. The van der Waals surface area contributed by atoms with Gasteiger partial charge in [-0.05, 0) is 24.6 Å². The van der Waals surface area contributed by atoms with Crippen LogP contribution in [0.4, 0.5) is 5.88 Å². The van der Waals surface area contributed by atoms with Crippen LogP contribution in [0.5, 0.6) is 0 Å². The molecule has 3 rings (SSSR count). The van der Waals surface area contributed by atoms with E-state index in [0.29, 0.717) is 21.3 Å². The topological polar surface area (TPSA) is 64.9 Å². The number of nitrogens with zero attached hydrogens (tertiary/aromatic N) is 2. The van der Waals surface area contributed by atoms with Crippen LogP contribution in [0.15, 0.2) is 28.9 Å². The molecule has 0 aliphatic rings. The lowest BCUT2D eigenvalue weighted by Crippen LogP contribution is -1.87. The molecule has 0 fully saturated rings. The quantitative estimate of drug-likeness (QED) is 0.744. The highest BCUT2D eigenvalue weighted by atomic mass is 35.5. The maximum absolute atomic E-state index is 6.05. The number of rotatable bonds is 2. The molecule has 1 aromatic carbocycles. The Hall–Kier alpha value is -1.56. The van der Waals surface area contributed by atoms with Gasteiger partial charge in [-0.2, -0.15) is 0 Å². The molecule has 0 atom stereocenters. The maximum Gasteiger partial charge on any atom is 0.230 e. The molecular formula is C13H9Cl2N3OS. The highest BCUT2D eigenvalue weighted by molar-refractivity contribution is 7.15. The molecule has 0 radical (unpaired) electrons. The van der Waals surface area contributed by atoms with E-state index in [2.05, 4.69) is 10.1 Å². The lowest BCUT2D eigenvalue weighted by molar-refractivity contribution is 0.439. The molecule has 7 heteroatoms. The minimum atomic E-state index is 0.240. The van der Waals surface area contributed by atoms with Crippen molar-refractivity contribution in [3.63, 3.8) is 0 Å². The summed E-state index contributed by atoms with van der Waals surface area (Å²) in [5.41, 5.74) is 8.05. The number of thiazole rings is 1. The Balaban J connectivity index is 2.18. The first kappa shape index (κ1) is 13.4. The van der Waals surface area contributed by atoms with E-state index < -0.39 is 0 Å². The summed E-state index contributed by atoms with van der Waals surface area (Å²) < 4.78 is 5.11. The second-order valence-electron chi connectivity index (χ2n) is 4.14. The predicted octanol–water partition coefficient (Wildman–Crippen LogP) is 4.66. The van der Waals surface area contributed by atoms with E-state index in [1.165, 1.54) is 11.3 Å². The molecule has 0 aliphatic heterocycles. The lowest BCUT2D eigenvalue weighted by Gasteiger charge is -2.03. The van der Waals surface area contributed by atoms with Gasteiger partial charge in [0.1, 0.15) is 5.69 Å². The Morgan fingerprint density at radius 1 is 1.25 bits per heavy atom. The van der Waals surface area contributed by atoms with Crippen LogP contribution in [0.2, 0.25) is 10.0 Å². The zero-order chi connectivity index (χ0) is 14.3. The van der Waals surface area contributed by atoms with Crippen molar-refractivity contribution in [2.45, 2.75) is 6.92 Å². The minimum absolute atomic E-state index is 0.240. The number of aromatic nitrogens is 2. The summed E-state index contributed by atoms with van der Waals surface area (Å²) in [5.74, 6) is 0.240. The van der Waals surface area contributed by atoms with Gasteiger partial charge in [0.2, 0.25) is 5.88 Å². The molecule has 4 nitrogen and oxygen atoms in total. The van der Waals surface area contributed by atoms with Gasteiger partial charge in [0, 0.05) is 6.20 Å². The molecule has 0 unspecified atom stereocenters. The van der Waals surface area contributed by atoms with E-state index in [0.717, 1.165) is 15.4 Å². The zero-order valence-corrected chi connectivity index (χ0v) is 12.7. The van der Waals surface area contributed by atoms with Gasteiger partial charge in [0.15, 0.2) is 0 Å². The standard InChI is InChI=1S/C13H9Cl2N3OS/c1-6-17-5-10(20-6)12-11(13(16)19-18-12)7-2-3-8(14)9(15)4-7/h2-5H,16H2,1H3. The third-order valence-electron chi connectivity index (χ3n) is 2.78. The third kappa shape index (κ3) is 2.28. The molecule has 0 saturated carbocycles. The highest BCUT2D eigenvalue weighted by Crippen LogP contribution is 2.39. The van der Waals surface area contributed by atoms with Gasteiger partial charge in [-0.1, -0.05) is 34.4 Å². The minimum Gasteiger partial charge on any atom is -0.367 e. The van der Waals surface area contributed by atoms with Crippen molar-refractivity contribution in [3.05, 3.63) is 39.4 Å². The van der Waals surface area contributed by atoms with E-state index in [9.17, 15) is 0 Å². The first-order valence-corrected chi connectivity index (χ1v) is 7.27. The molecule has 2 heterocycles. The summed E-state index contributed by atoms with van der Waals surface area (Å²) in [6.45, 7) is 1.93. The molecule has 20 heavy (non-hydrogen) atoms. The van der Waals surface area contributed by atoms with E-state index in [4.69, 9.17) is 33.5 Å². The van der Waals surface area contributed by atoms with Crippen LogP contribution in [-0.2, 0) is 0 Å². The largest absolute Gasteiger partial charge is 0.367 e. The average molecular weight is 326 g/mol. The average Bonchev–Trinajstić information content (AvgIpc) is 2.99. The molecule has 2 N–H and O–H groups in total. The second kappa shape index (κ2) is 5.09. The Labute approximate surface area is 129 Å². The Morgan fingerprint density at radius 3 is 2.70 bits per heavy atom. The normalized spacial score (nSPS) is 10.9. The van der Waals surface area contributed by atoms with Gasteiger partial charge in [-0.25, -0.2) is 4.98 Å². The zero-order valence-electron chi connectivity index (χ0n) is 10.4. The number of benzene rings is 1. The van der Waals surface area contributed by atoms with Crippen LogP contribution in [0.25, 0.3) is 21.7 Å². The Bertz CT molecular complexity index is 782. The number of hydrogen-bond donors (Lipinski definition) is 1.